The maximum atomic E-state index is 12.5. The zero-order valence-corrected chi connectivity index (χ0v) is 14.0. The van der Waals surface area contributed by atoms with Crippen LogP contribution in [0.15, 0.2) is 41.0 Å². The molecule has 3 rings (SSSR count). The summed E-state index contributed by atoms with van der Waals surface area (Å²) >= 11 is 0. The smallest absolute Gasteiger partial charge is 0.289 e. The highest BCUT2D eigenvalue weighted by atomic mass is 16.3. The molecule has 1 atom stereocenters. The van der Waals surface area contributed by atoms with Crippen LogP contribution in [0.4, 0.5) is 5.69 Å². The lowest BCUT2D eigenvalue weighted by molar-refractivity contribution is 0.0641. The first kappa shape index (κ1) is 15.7. The molecule has 1 unspecified atom stereocenters. The average Bonchev–Trinajstić information content (AvgIpc) is 3.08. The second-order valence-corrected chi connectivity index (χ2v) is 6.43. The maximum Gasteiger partial charge on any atom is 0.289 e. The van der Waals surface area contributed by atoms with Crippen molar-refractivity contribution < 1.29 is 9.21 Å². The topological polar surface area (TPSA) is 36.7 Å². The van der Waals surface area contributed by atoms with Crippen LogP contribution in [0.5, 0.6) is 0 Å². The number of furan rings is 1. The largest absolute Gasteiger partial charge is 0.459 e. The molecular weight excluding hydrogens is 288 g/mol. The van der Waals surface area contributed by atoms with Gasteiger partial charge in [0.15, 0.2) is 5.76 Å². The molecule has 2 heterocycles. The molecule has 121 valence electrons. The van der Waals surface area contributed by atoms with Crippen LogP contribution in [0, 0.1) is 6.07 Å². The number of hydrogen-bond donors (Lipinski definition) is 0. The quantitative estimate of drug-likeness (QED) is 0.870. The first-order valence-corrected chi connectivity index (χ1v) is 8.17. The van der Waals surface area contributed by atoms with Gasteiger partial charge in [-0.3, -0.25) is 4.79 Å². The Bertz CT molecular complexity index is 664. The molecule has 4 heteroatoms. The molecule has 0 bridgehead atoms. The van der Waals surface area contributed by atoms with Gasteiger partial charge in [-0.1, -0.05) is 19.9 Å². The summed E-state index contributed by atoms with van der Waals surface area (Å²) < 4.78 is 5.24. The van der Waals surface area contributed by atoms with Crippen LogP contribution in [-0.4, -0.2) is 36.5 Å². The molecule has 23 heavy (non-hydrogen) atoms. The number of amides is 1. The van der Waals surface area contributed by atoms with Gasteiger partial charge in [-0.15, -0.1) is 0 Å². The highest BCUT2D eigenvalue weighted by molar-refractivity contribution is 5.91. The molecule has 0 N–H and O–H groups in total. The van der Waals surface area contributed by atoms with Crippen LogP contribution in [0.25, 0.3) is 0 Å². The number of benzene rings is 1. The lowest BCUT2D eigenvalue weighted by Gasteiger charge is -2.40. The Balaban J connectivity index is 1.71. The summed E-state index contributed by atoms with van der Waals surface area (Å²) in [6.45, 7) is 8.81. The Morgan fingerprint density at radius 1 is 1.35 bits per heavy atom. The third-order valence-electron chi connectivity index (χ3n) is 4.41. The number of hydrogen-bond acceptors (Lipinski definition) is 3. The molecule has 1 amide bonds. The number of carbonyl (C=O) groups is 1. The van der Waals surface area contributed by atoms with Gasteiger partial charge in [0.1, 0.15) is 0 Å². The van der Waals surface area contributed by atoms with Crippen LogP contribution >= 0.6 is 0 Å². The minimum atomic E-state index is -0.0218. The van der Waals surface area contributed by atoms with Crippen molar-refractivity contribution in [3.05, 3.63) is 54.0 Å². The molecule has 1 aliphatic heterocycles. The Morgan fingerprint density at radius 3 is 2.83 bits per heavy atom. The molecule has 1 radical (unpaired) electrons. The van der Waals surface area contributed by atoms with Crippen LogP contribution in [0.3, 0.4) is 0 Å². The maximum absolute atomic E-state index is 12.5. The number of nitrogens with zero attached hydrogens (tertiary/aromatic N) is 2. The van der Waals surface area contributed by atoms with Crippen molar-refractivity contribution in [2.45, 2.75) is 32.7 Å². The lowest BCUT2D eigenvalue weighted by atomic mass is 10.0. The molecule has 1 aromatic carbocycles. The molecule has 0 aliphatic carbocycles. The normalized spacial score (nSPS) is 18.5. The Kier molecular flexibility index (Phi) is 4.42. The van der Waals surface area contributed by atoms with Gasteiger partial charge >= 0.3 is 0 Å². The zero-order valence-electron chi connectivity index (χ0n) is 14.0. The molecule has 0 spiro atoms. The summed E-state index contributed by atoms with van der Waals surface area (Å²) in [6, 6.07) is 13.2. The van der Waals surface area contributed by atoms with Crippen LogP contribution in [0.1, 0.15) is 42.8 Å². The van der Waals surface area contributed by atoms with E-state index in [2.05, 4.69) is 43.9 Å². The fourth-order valence-electron chi connectivity index (χ4n) is 3.04. The van der Waals surface area contributed by atoms with E-state index in [1.165, 1.54) is 11.3 Å². The van der Waals surface area contributed by atoms with Gasteiger partial charge < -0.3 is 14.2 Å². The van der Waals surface area contributed by atoms with E-state index in [0.29, 0.717) is 18.2 Å². The van der Waals surface area contributed by atoms with Gasteiger partial charge in [-0.2, -0.15) is 0 Å². The van der Waals surface area contributed by atoms with Crippen molar-refractivity contribution in [3.63, 3.8) is 0 Å². The summed E-state index contributed by atoms with van der Waals surface area (Å²) in [6.07, 6.45) is 1.54. The van der Waals surface area contributed by atoms with Gasteiger partial charge in [0.25, 0.3) is 5.91 Å². The van der Waals surface area contributed by atoms with Crippen molar-refractivity contribution in [1.29, 1.82) is 0 Å². The van der Waals surface area contributed by atoms with Gasteiger partial charge in [-0.25, -0.2) is 0 Å². The molecule has 0 saturated carbocycles. The molecule has 1 fully saturated rings. The Labute approximate surface area is 137 Å². The second kappa shape index (κ2) is 6.49. The molecule has 1 aromatic heterocycles. The van der Waals surface area contributed by atoms with Gasteiger partial charge in [-0.05, 0) is 48.7 Å². The number of carbonyl (C=O) groups excluding carboxylic acids is 1. The van der Waals surface area contributed by atoms with Gasteiger partial charge in [0.05, 0.1) is 6.26 Å². The Morgan fingerprint density at radius 2 is 2.17 bits per heavy atom. The monoisotopic (exact) mass is 311 g/mol. The van der Waals surface area contributed by atoms with Crippen LogP contribution < -0.4 is 4.90 Å². The third-order valence-corrected chi connectivity index (χ3v) is 4.41. The van der Waals surface area contributed by atoms with Crippen molar-refractivity contribution in [2.24, 2.45) is 0 Å². The second-order valence-electron chi connectivity index (χ2n) is 6.43. The minimum absolute atomic E-state index is 0.0218. The van der Waals surface area contributed by atoms with Crippen LogP contribution in [-0.2, 0) is 0 Å². The molecule has 4 nitrogen and oxygen atoms in total. The highest BCUT2D eigenvalue weighted by Crippen LogP contribution is 2.24. The zero-order chi connectivity index (χ0) is 16.4. The van der Waals surface area contributed by atoms with Crippen molar-refractivity contribution in [3.8, 4) is 0 Å². The third kappa shape index (κ3) is 3.26. The minimum Gasteiger partial charge on any atom is -0.459 e. The number of piperazine rings is 1. The average molecular weight is 311 g/mol. The number of anilines is 1. The van der Waals surface area contributed by atoms with Crippen molar-refractivity contribution >= 4 is 11.6 Å². The Hall–Kier alpha value is -2.23. The molecule has 1 aliphatic rings. The van der Waals surface area contributed by atoms with Crippen LogP contribution in [0.2, 0.25) is 0 Å². The highest BCUT2D eigenvalue weighted by Gasteiger charge is 2.29. The van der Waals surface area contributed by atoms with E-state index in [0.717, 1.165) is 13.1 Å². The van der Waals surface area contributed by atoms with E-state index in [4.69, 9.17) is 4.42 Å². The first-order chi connectivity index (χ1) is 11.1. The van der Waals surface area contributed by atoms with Crippen molar-refractivity contribution in [2.75, 3.05) is 24.5 Å². The summed E-state index contributed by atoms with van der Waals surface area (Å²) in [4.78, 5) is 16.7. The van der Waals surface area contributed by atoms with E-state index >= 15 is 0 Å². The SMILES string of the molecule is CC(C)c1[c]ccc(N2CCN(C(=O)c3ccco3)C(C)C2)c1. The van der Waals surface area contributed by atoms with Gasteiger partial charge in [0, 0.05) is 31.4 Å². The van der Waals surface area contributed by atoms with E-state index in [1.54, 1.807) is 18.4 Å². The van der Waals surface area contributed by atoms with E-state index in [1.807, 2.05) is 11.0 Å². The predicted molar refractivity (Wildman–Crippen MR) is 90.8 cm³/mol. The lowest BCUT2D eigenvalue weighted by Crippen LogP contribution is -2.54. The van der Waals surface area contributed by atoms with Gasteiger partial charge in [0.2, 0.25) is 0 Å². The first-order valence-electron chi connectivity index (χ1n) is 8.17. The summed E-state index contributed by atoms with van der Waals surface area (Å²) in [5, 5.41) is 0. The van der Waals surface area contributed by atoms with E-state index in [9.17, 15) is 4.79 Å². The fourth-order valence-corrected chi connectivity index (χ4v) is 3.04. The summed E-state index contributed by atoms with van der Waals surface area (Å²) in [5.41, 5.74) is 2.44. The molecular formula is C19H23N2O2. The van der Waals surface area contributed by atoms with E-state index in [-0.39, 0.29) is 11.9 Å². The van der Waals surface area contributed by atoms with Crippen molar-refractivity contribution in [1.82, 2.24) is 4.90 Å². The molecule has 2 aromatic rings. The standard InChI is InChI=1S/C19H23N2O2/c1-14(2)16-6-4-7-17(12-16)20-9-10-21(15(3)13-20)19(22)18-8-5-11-23-18/h4-5,7-8,11-12,14-15H,9-10,13H2,1-3H3. The number of rotatable bonds is 3. The summed E-state index contributed by atoms with van der Waals surface area (Å²) in [7, 11) is 0. The predicted octanol–water partition coefficient (Wildman–Crippen LogP) is 3.55. The van der Waals surface area contributed by atoms with E-state index < -0.39 is 0 Å². The molecule has 1 saturated heterocycles. The summed E-state index contributed by atoms with van der Waals surface area (Å²) in [5.74, 6) is 0.863. The fraction of sp³-hybridized carbons (Fsp3) is 0.421.